The van der Waals surface area contributed by atoms with Crippen LogP contribution in [0.5, 0.6) is 0 Å². The van der Waals surface area contributed by atoms with Crippen LogP contribution in [0.4, 0.5) is 26.0 Å². The maximum atomic E-state index is 13.4. The fourth-order valence-corrected chi connectivity index (χ4v) is 5.82. The highest BCUT2D eigenvalue weighted by Gasteiger charge is 2.59. The van der Waals surface area contributed by atoms with E-state index in [4.69, 9.17) is 0 Å². The van der Waals surface area contributed by atoms with Crippen LogP contribution < -0.4 is 13.5 Å². The molecule has 3 aliphatic rings. The van der Waals surface area contributed by atoms with Gasteiger partial charge >= 0.3 is 10.2 Å². The number of halogens is 2. The minimum absolute atomic E-state index is 0.0734. The quantitative estimate of drug-likeness (QED) is 0.677. The third-order valence-electron chi connectivity index (χ3n) is 6.62. The molecule has 33 heavy (non-hydrogen) atoms. The smallest absolute Gasteiger partial charge is 0.327 e. The van der Waals surface area contributed by atoms with E-state index in [2.05, 4.69) is 9.88 Å². The molecular formula is C22H25F2N5O3S. The molecule has 0 bridgehead atoms. The Morgan fingerprint density at radius 2 is 1.85 bits per heavy atom. The number of fused-ring (bicyclic) bond motifs is 1. The summed E-state index contributed by atoms with van der Waals surface area (Å²) in [5, 5.41) is 0. The molecule has 2 fully saturated rings. The molecule has 0 radical (unpaired) electrons. The fraction of sp³-hybridized carbons (Fsp3) is 0.455. The van der Waals surface area contributed by atoms with Gasteiger partial charge in [-0.15, -0.1) is 0 Å². The molecule has 1 saturated heterocycles. The number of nitrogens with zero attached hydrogens (tertiary/aromatic N) is 5. The molecule has 8 nitrogen and oxygen atoms in total. The van der Waals surface area contributed by atoms with Crippen LogP contribution in [-0.2, 0) is 15.0 Å². The zero-order chi connectivity index (χ0) is 23.5. The molecule has 2 aliphatic heterocycles. The predicted molar refractivity (Wildman–Crippen MR) is 122 cm³/mol. The molecule has 1 aromatic carbocycles. The highest BCUT2D eigenvalue weighted by Crippen LogP contribution is 2.51. The molecule has 176 valence electrons. The van der Waals surface area contributed by atoms with E-state index in [1.54, 1.807) is 19.1 Å². The Bertz CT molecular complexity index is 1210. The minimum Gasteiger partial charge on any atom is -0.368 e. The van der Waals surface area contributed by atoms with Gasteiger partial charge in [-0.25, -0.2) is 22.4 Å². The van der Waals surface area contributed by atoms with Crippen molar-refractivity contribution in [2.75, 3.05) is 53.3 Å². The molecule has 1 aromatic heterocycles. The lowest BCUT2D eigenvalue weighted by Gasteiger charge is -2.35. The summed E-state index contributed by atoms with van der Waals surface area (Å²) < 4.78 is 54.6. The molecule has 2 aromatic rings. The van der Waals surface area contributed by atoms with E-state index in [-0.39, 0.29) is 24.7 Å². The first-order valence-electron chi connectivity index (χ1n) is 10.8. The first-order chi connectivity index (χ1) is 15.6. The fourth-order valence-electron chi connectivity index (χ4n) is 4.41. The number of carbonyl (C=O) groups excluding carboxylic acids is 1. The predicted octanol–water partition coefficient (Wildman–Crippen LogP) is 2.57. The number of rotatable bonds is 4. The lowest BCUT2D eigenvalue weighted by molar-refractivity contribution is -0.129. The molecule has 1 aliphatic carbocycles. The van der Waals surface area contributed by atoms with E-state index in [0.717, 1.165) is 33.0 Å². The maximum absolute atomic E-state index is 13.4. The van der Waals surface area contributed by atoms with Crippen molar-refractivity contribution in [2.45, 2.75) is 19.3 Å². The zero-order valence-corrected chi connectivity index (χ0v) is 19.2. The van der Waals surface area contributed by atoms with Crippen LogP contribution in [-0.4, -0.2) is 69.9 Å². The van der Waals surface area contributed by atoms with E-state index in [0.29, 0.717) is 24.5 Å². The van der Waals surface area contributed by atoms with Gasteiger partial charge in [0.05, 0.1) is 11.4 Å². The van der Waals surface area contributed by atoms with Gasteiger partial charge in [-0.05, 0) is 24.3 Å². The number of aromatic nitrogens is 1. The molecular weight excluding hydrogens is 452 g/mol. The monoisotopic (exact) mass is 477 g/mol. The van der Waals surface area contributed by atoms with Crippen LogP contribution in [0.1, 0.15) is 13.3 Å². The summed E-state index contributed by atoms with van der Waals surface area (Å²) in [5.41, 5.74) is 2.73. The van der Waals surface area contributed by atoms with E-state index in [1.807, 2.05) is 29.2 Å². The topological polar surface area (TPSA) is 77.1 Å². The van der Waals surface area contributed by atoms with Gasteiger partial charge in [0, 0.05) is 70.3 Å². The lowest BCUT2D eigenvalue weighted by atomic mass is 10.1. The van der Waals surface area contributed by atoms with Gasteiger partial charge in [0.15, 0.2) is 5.82 Å². The first kappa shape index (κ1) is 21.9. The molecule has 1 amide bonds. The average Bonchev–Trinajstić information content (AvgIpc) is 3.36. The molecule has 5 rings (SSSR count). The molecule has 0 spiro atoms. The van der Waals surface area contributed by atoms with Crippen LogP contribution in [0.3, 0.4) is 0 Å². The van der Waals surface area contributed by atoms with E-state index in [1.165, 1.54) is 7.05 Å². The molecule has 1 atom stereocenters. The summed E-state index contributed by atoms with van der Waals surface area (Å²) in [4.78, 5) is 20.2. The van der Waals surface area contributed by atoms with E-state index < -0.39 is 22.0 Å². The highest BCUT2D eigenvalue weighted by atomic mass is 32.2. The van der Waals surface area contributed by atoms with E-state index >= 15 is 0 Å². The van der Waals surface area contributed by atoms with Crippen LogP contribution in [0.15, 0.2) is 36.4 Å². The second-order valence-electron chi connectivity index (χ2n) is 8.75. The van der Waals surface area contributed by atoms with Crippen LogP contribution in [0.2, 0.25) is 0 Å². The number of benzene rings is 1. The maximum Gasteiger partial charge on any atom is 0.327 e. The van der Waals surface area contributed by atoms with Crippen molar-refractivity contribution in [2.24, 2.45) is 5.92 Å². The Morgan fingerprint density at radius 3 is 2.48 bits per heavy atom. The Balaban J connectivity index is 1.40. The summed E-state index contributed by atoms with van der Waals surface area (Å²) in [7, 11) is -2.55. The number of alkyl halides is 2. The van der Waals surface area contributed by atoms with Crippen molar-refractivity contribution in [1.82, 2.24) is 9.88 Å². The Morgan fingerprint density at radius 1 is 1.15 bits per heavy atom. The Hall–Kier alpha value is -2.95. The van der Waals surface area contributed by atoms with Crippen molar-refractivity contribution in [1.29, 1.82) is 0 Å². The van der Waals surface area contributed by atoms with Gasteiger partial charge in [0.1, 0.15) is 0 Å². The molecule has 0 N–H and O–H groups in total. The summed E-state index contributed by atoms with van der Waals surface area (Å²) in [6.07, 6.45) is -0.295. The minimum atomic E-state index is -3.94. The van der Waals surface area contributed by atoms with Crippen LogP contribution in [0, 0.1) is 5.92 Å². The van der Waals surface area contributed by atoms with Gasteiger partial charge in [-0.2, -0.15) is 8.42 Å². The molecule has 1 saturated carbocycles. The number of piperazine rings is 1. The van der Waals surface area contributed by atoms with Gasteiger partial charge < -0.3 is 9.80 Å². The Labute approximate surface area is 191 Å². The summed E-state index contributed by atoms with van der Waals surface area (Å²) in [6.45, 7) is 4.09. The standard InChI is InChI=1S/C22H25F2N5O3S/c1-15(30)27-8-10-28(11-9-27)18-5-3-4-16(12-18)19-6-7-20-21(25-19)26(2)33(31,32)29(20)14-17-13-22(17,23)24/h3-7,12,17H,8-11,13-14H2,1-2H3. The number of pyridine rings is 1. The SMILES string of the molecule is CC(=O)N1CCN(c2cccc(-c3ccc4c(n3)N(C)S(=O)(=O)N4CC3CC3(F)F)c2)CC1. The average molecular weight is 478 g/mol. The molecule has 1 unspecified atom stereocenters. The van der Waals surface area contributed by atoms with Crippen LogP contribution in [0.25, 0.3) is 11.3 Å². The number of anilines is 3. The normalized spacial score (nSPS) is 23.0. The Kier molecular flexibility index (Phi) is 5.00. The summed E-state index contributed by atoms with van der Waals surface area (Å²) in [6, 6.07) is 11.2. The van der Waals surface area contributed by atoms with Crippen LogP contribution >= 0.6 is 0 Å². The zero-order valence-electron chi connectivity index (χ0n) is 18.4. The van der Waals surface area contributed by atoms with Gasteiger partial charge in [0.2, 0.25) is 5.91 Å². The van der Waals surface area contributed by atoms with Crippen molar-refractivity contribution >= 4 is 33.3 Å². The van der Waals surface area contributed by atoms with E-state index in [9.17, 15) is 22.0 Å². The summed E-state index contributed by atoms with van der Waals surface area (Å²) in [5.74, 6) is -3.46. The van der Waals surface area contributed by atoms with Gasteiger partial charge in [-0.1, -0.05) is 12.1 Å². The van der Waals surface area contributed by atoms with Crippen molar-refractivity contribution in [3.05, 3.63) is 36.4 Å². The third-order valence-corrected chi connectivity index (χ3v) is 8.39. The lowest BCUT2D eigenvalue weighted by Crippen LogP contribution is -2.48. The number of hydrogen-bond acceptors (Lipinski definition) is 5. The first-order valence-corrected chi connectivity index (χ1v) is 12.2. The number of hydrogen-bond donors (Lipinski definition) is 0. The molecule has 11 heteroatoms. The molecule has 3 heterocycles. The number of amides is 1. The second kappa shape index (κ2) is 7.54. The number of carbonyl (C=O) groups is 1. The van der Waals surface area contributed by atoms with Gasteiger partial charge in [0.25, 0.3) is 5.92 Å². The summed E-state index contributed by atoms with van der Waals surface area (Å²) >= 11 is 0. The van der Waals surface area contributed by atoms with Crippen molar-refractivity contribution in [3.63, 3.8) is 0 Å². The largest absolute Gasteiger partial charge is 0.368 e. The second-order valence-corrected chi connectivity index (χ2v) is 10.6. The van der Waals surface area contributed by atoms with Gasteiger partial charge in [-0.3, -0.25) is 4.79 Å². The van der Waals surface area contributed by atoms with Crippen molar-refractivity contribution in [3.8, 4) is 11.3 Å². The third kappa shape index (κ3) is 3.77. The highest BCUT2D eigenvalue weighted by molar-refractivity contribution is 7.94. The van der Waals surface area contributed by atoms with Crippen molar-refractivity contribution < 1.29 is 22.0 Å².